The SMILES string of the molecule is C=C(C)[Si](C)(C)CC(C=O)Cc1ccccc1. The van der Waals surface area contributed by atoms with Crippen LogP contribution in [0.5, 0.6) is 0 Å². The Labute approximate surface area is 106 Å². The predicted octanol–water partition coefficient (Wildman–Crippen LogP) is 3.87. The summed E-state index contributed by atoms with van der Waals surface area (Å²) in [4.78, 5) is 11.2. The van der Waals surface area contributed by atoms with Crippen molar-refractivity contribution in [2.45, 2.75) is 32.5 Å². The summed E-state index contributed by atoms with van der Waals surface area (Å²) in [6, 6.07) is 11.2. The molecule has 1 atom stereocenters. The Morgan fingerprint density at radius 2 is 1.94 bits per heavy atom. The van der Waals surface area contributed by atoms with Crippen LogP contribution in [-0.2, 0) is 11.2 Å². The minimum absolute atomic E-state index is 0.135. The molecule has 17 heavy (non-hydrogen) atoms. The first-order valence-electron chi connectivity index (χ1n) is 6.11. The smallest absolute Gasteiger partial charge is 0.123 e. The Morgan fingerprint density at radius 1 is 1.35 bits per heavy atom. The first-order valence-corrected chi connectivity index (χ1v) is 9.31. The van der Waals surface area contributed by atoms with Crippen molar-refractivity contribution in [3.63, 3.8) is 0 Å². The van der Waals surface area contributed by atoms with Crippen LogP contribution in [0.25, 0.3) is 0 Å². The average molecular weight is 246 g/mol. The fraction of sp³-hybridized carbons (Fsp3) is 0.400. The Morgan fingerprint density at radius 3 is 2.41 bits per heavy atom. The van der Waals surface area contributed by atoms with E-state index >= 15 is 0 Å². The van der Waals surface area contributed by atoms with Crippen molar-refractivity contribution in [1.29, 1.82) is 0 Å². The summed E-state index contributed by atoms with van der Waals surface area (Å²) in [7, 11) is -1.44. The molecule has 2 heteroatoms. The first kappa shape index (κ1) is 13.9. The Balaban J connectivity index is 2.68. The molecule has 0 aliphatic rings. The molecule has 92 valence electrons. The van der Waals surface area contributed by atoms with Crippen LogP contribution in [0.4, 0.5) is 0 Å². The molecule has 0 radical (unpaired) electrons. The third-order valence-electron chi connectivity index (χ3n) is 3.46. The van der Waals surface area contributed by atoms with Crippen LogP contribution in [-0.4, -0.2) is 14.4 Å². The monoisotopic (exact) mass is 246 g/mol. The zero-order valence-corrected chi connectivity index (χ0v) is 12.1. The largest absolute Gasteiger partial charge is 0.303 e. The lowest BCUT2D eigenvalue weighted by molar-refractivity contribution is -0.110. The molecule has 0 aliphatic heterocycles. The molecule has 0 amide bonds. The van der Waals surface area contributed by atoms with E-state index in [1.165, 1.54) is 10.8 Å². The molecule has 1 rings (SSSR count). The quantitative estimate of drug-likeness (QED) is 0.550. The van der Waals surface area contributed by atoms with Gasteiger partial charge in [-0.3, -0.25) is 0 Å². The van der Waals surface area contributed by atoms with E-state index in [0.29, 0.717) is 0 Å². The fourth-order valence-corrected chi connectivity index (χ4v) is 3.81. The highest BCUT2D eigenvalue weighted by atomic mass is 28.3. The molecule has 1 aromatic carbocycles. The van der Waals surface area contributed by atoms with Crippen LogP contribution in [0.1, 0.15) is 12.5 Å². The van der Waals surface area contributed by atoms with Crippen LogP contribution >= 0.6 is 0 Å². The second kappa shape index (κ2) is 5.96. The highest BCUT2D eigenvalue weighted by Gasteiger charge is 2.26. The van der Waals surface area contributed by atoms with Gasteiger partial charge in [0.25, 0.3) is 0 Å². The number of rotatable bonds is 6. The zero-order valence-electron chi connectivity index (χ0n) is 11.1. The molecular formula is C15H22OSi. The number of aldehydes is 1. The summed E-state index contributed by atoms with van der Waals surface area (Å²) in [6.07, 6.45) is 1.97. The maximum atomic E-state index is 11.2. The summed E-state index contributed by atoms with van der Waals surface area (Å²) in [5.74, 6) is 0.135. The van der Waals surface area contributed by atoms with E-state index in [4.69, 9.17) is 0 Å². The molecular weight excluding hydrogens is 224 g/mol. The van der Waals surface area contributed by atoms with Gasteiger partial charge in [0.1, 0.15) is 6.29 Å². The fourth-order valence-electron chi connectivity index (χ4n) is 1.91. The molecule has 1 aromatic rings. The topological polar surface area (TPSA) is 17.1 Å². The standard InChI is InChI=1S/C15H22OSi/c1-13(2)17(3,4)12-15(11-16)10-14-8-6-5-7-9-14/h5-9,11,15H,1,10,12H2,2-4H3. The predicted molar refractivity (Wildman–Crippen MR) is 76.8 cm³/mol. The van der Waals surface area contributed by atoms with Gasteiger partial charge in [-0.25, -0.2) is 0 Å². The van der Waals surface area contributed by atoms with Crippen LogP contribution in [0.3, 0.4) is 0 Å². The molecule has 0 saturated carbocycles. The number of allylic oxidation sites excluding steroid dienone is 1. The second-order valence-electron chi connectivity index (χ2n) is 5.45. The highest BCUT2D eigenvalue weighted by molar-refractivity contribution is 6.84. The summed E-state index contributed by atoms with van der Waals surface area (Å²) in [5, 5.41) is 1.28. The highest BCUT2D eigenvalue weighted by Crippen LogP contribution is 2.24. The van der Waals surface area contributed by atoms with Gasteiger partial charge < -0.3 is 4.79 Å². The Bertz CT molecular complexity index is 381. The maximum absolute atomic E-state index is 11.2. The van der Waals surface area contributed by atoms with Gasteiger partial charge in [0, 0.05) is 5.92 Å². The molecule has 1 unspecified atom stereocenters. The summed E-state index contributed by atoms with van der Waals surface area (Å²) in [5.41, 5.74) is 1.25. The van der Waals surface area contributed by atoms with Crippen LogP contribution < -0.4 is 0 Å². The molecule has 0 aromatic heterocycles. The molecule has 1 nitrogen and oxygen atoms in total. The molecule has 0 N–H and O–H groups in total. The van der Waals surface area contributed by atoms with Gasteiger partial charge in [0.05, 0.1) is 8.07 Å². The molecule has 0 heterocycles. The summed E-state index contributed by atoms with van der Waals surface area (Å²) < 4.78 is 0. The van der Waals surface area contributed by atoms with E-state index in [1.807, 2.05) is 18.2 Å². The van der Waals surface area contributed by atoms with Crippen LogP contribution in [0.2, 0.25) is 19.1 Å². The van der Waals surface area contributed by atoms with Gasteiger partial charge in [0.15, 0.2) is 0 Å². The van der Waals surface area contributed by atoms with E-state index < -0.39 is 8.07 Å². The Hall–Kier alpha value is -1.15. The lowest BCUT2D eigenvalue weighted by atomic mass is 10.0. The van der Waals surface area contributed by atoms with E-state index in [2.05, 4.69) is 38.7 Å². The van der Waals surface area contributed by atoms with Gasteiger partial charge in [-0.15, -0.1) is 6.58 Å². The number of hydrogen-bond donors (Lipinski definition) is 0. The molecule has 0 saturated heterocycles. The van der Waals surface area contributed by atoms with Crippen molar-refractivity contribution < 1.29 is 4.79 Å². The summed E-state index contributed by atoms with van der Waals surface area (Å²) in [6.45, 7) is 10.7. The van der Waals surface area contributed by atoms with E-state index in [9.17, 15) is 4.79 Å². The van der Waals surface area contributed by atoms with E-state index in [0.717, 1.165) is 18.8 Å². The van der Waals surface area contributed by atoms with Crippen LogP contribution in [0.15, 0.2) is 42.1 Å². The van der Waals surface area contributed by atoms with Crippen molar-refractivity contribution in [3.8, 4) is 0 Å². The zero-order chi connectivity index (χ0) is 12.9. The number of carbonyl (C=O) groups excluding carboxylic acids is 1. The third-order valence-corrected chi connectivity index (χ3v) is 7.32. The first-order chi connectivity index (χ1) is 7.95. The maximum Gasteiger partial charge on any atom is 0.123 e. The minimum Gasteiger partial charge on any atom is -0.303 e. The van der Waals surface area contributed by atoms with Crippen molar-refractivity contribution in [3.05, 3.63) is 47.7 Å². The van der Waals surface area contributed by atoms with Crippen molar-refractivity contribution >= 4 is 14.4 Å². The van der Waals surface area contributed by atoms with Gasteiger partial charge in [-0.05, 0) is 25.0 Å². The lowest BCUT2D eigenvalue weighted by Crippen LogP contribution is -2.31. The second-order valence-corrected chi connectivity index (χ2v) is 10.5. The van der Waals surface area contributed by atoms with Crippen molar-refractivity contribution in [2.24, 2.45) is 5.92 Å². The van der Waals surface area contributed by atoms with E-state index in [-0.39, 0.29) is 5.92 Å². The lowest BCUT2D eigenvalue weighted by Gasteiger charge is -2.25. The molecule has 0 aliphatic carbocycles. The number of hydrogen-bond acceptors (Lipinski definition) is 1. The van der Waals surface area contributed by atoms with Crippen LogP contribution in [0, 0.1) is 5.92 Å². The summed E-state index contributed by atoms with van der Waals surface area (Å²) >= 11 is 0. The average Bonchev–Trinajstić information content (AvgIpc) is 2.29. The normalized spacial score (nSPS) is 13.1. The Kier molecular flexibility index (Phi) is 4.88. The molecule has 0 spiro atoms. The van der Waals surface area contributed by atoms with Gasteiger partial charge >= 0.3 is 0 Å². The van der Waals surface area contributed by atoms with Crippen molar-refractivity contribution in [1.82, 2.24) is 0 Å². The van der Waals surface area contributed by atoms with E-state index in [1.54, 1.807) is 0 Å². The number of benzene rings is 1. The van der Waals surface area contributed by atoms with Gasteiger partial charge in [-0.1, -0.05) is 48.6 Å². The van der Waals surface area contributed by atoms with Gasteiger partial charge in [0.2, 0.25) is 0 Å². The molecule has 0 bridgehead atoms. The number of carbonyl (C=O) groups is 1. The van der Waals surface area contributed by atoms with Gasteiger partial charge in [-0.2, -0.15) is 0 Å². The minimum atomic E-state index is -1.44. The van der Waals surface area contributed by atoms with Crippen molar-refractivity contribution in [2.75, 3.05) is 0 Å². The molecule has 0 fully saturated rings. The third kappa shape index (κ3) is 4.31.